The number of para-hydroxylation sites is 1. The first-order valence-corrected chi connectivity index (χ1v) is 13.3. The van der Waals surface area contributed by atoms with E-state index in [1.165, 1.54) is 7.11 Å². The Morgan fingerprint density at radius 1 is 1.05 bits per heavy atom. The fraction of sp³-hybridized carbons (Fsp3) is 0.250. The number of carboxylic acids is 1. The lowest BCUT2D eigenvalue weighted by Crippen LogP contribution is -2.36. The second-order valence-corrected chi connectivity index (χ2v) is 10.1. The summed E-state index contributed by atoms with van der Waals surface area (Å²) in [5.74, 6) is 1.27. The maximum Gasteiger partial charge on any atom is 0.409 e. The van der Waals surface area contributed by atoms with Crippen LogP contribution >= 0.6 is 24.0 Å². The number of anilines is 1. The second kappa shape index (κ2) is 12.6. The zero-order valence-electron chi connectivity index (χ0n) is 20.4. The number of hydrogen-bond acceptors (Lipinski definition) is 6. The first-order chi connectivity index (χ1) is 17.9. The molecule has 7 nitrogen and oxygen atoms in total. The van der Waals surface area contributed by atoms with Crippen molar-refractivity contribution in [2.75, 3.05) is 24.7 Å². The fourth-order valence-electron chi connectivity index (χ4n) is 4.13. The van der Waals surface area contributed by atoms with Gasteiger partial charge in [0.15, 0.2) is 0 Å². The maximum atomic E-state index is 11.9. The third-order valence-corrected chi connectivity index (χ3v) is 7.41. The van der Waals surface area contributed by atoms with E-state index < -0.39 is 5.97 Å². The number of methoxy groups -OCH3 is 1. The number of carbonyl (C=O) groups excluding carboxylic acids is 1. The van der Waals surface area contributed by atoms with Crippen molar-refractivity contribution in [3.05, 3.63) is 83.9 Å². The van der Waals surface area contributed by atoms with Crippen molar-refractivity contribution in [1.29, 1.82) is 0 Å². The van der Waals surface area contributed by atoms with Gasteiger partial charge in [0.1, 0.15) is 11.5 Å². The van der Waals surface area contributed by atoms with Crippen LogP contribution in [0.3, 0.4) is 0 Å². The van der Waals surface area contributed by atoms with Crippen molar-refractivity contribution in [2.45, 2.75) is 30.2 Å². The normalized spacial score (nSPS) is 14.7. The highest BCUT2D eigenvalue weighted by molar-refractivity contribution is 7.99. The number of aromatic carboxylic acids is 1. The first-order valence-electron chi connectivity index (χ1n) is 11.9. The Bertz CT molecular complexity index is 1250. The average molecular weight is 537 g/mol. The molecule has 1 aliphatic heterocycles. The summed E-state index contributed by atoms with van der Waals surface area (Å²) in [5, 5.41) is 12.4. The van der Waals surface area contributed by atoms with Gasteiger partial charge in [0.05, 0.1) is 23.3 Å². The molecule has 1 heterocycles. The number of rotatable bonds is 9. The van der Waals surface area contributed by atoms with Crippen molar-refractivity contribution in [3.8, 4) is 11.5 Å². The van der Waals surface area contributed by atoms with Crippen LogP contribution in [0.25, 0.3) is 0 Å². The van der Waals surface area contributed by atoms with Gasteiger partial charge in [-0.3, -0.25) is 0 Å². The van der Waals surface area contributed by atoms with Crippen molar-refractivity contribution in [3.63, 3.8) is 0 Å². The van der Waals surface area contributed by atoms with Gasteiger partial charge < -0.3 is 24.8 Å². The summed E-state index contributed by atoms with van der Waals surface area (Å²) in [7, 11) is 1.42. The Morgan fingerprint density at radius 3 is 2.41 bits per heavy atom. The predicted molar refractivity (Wildman–Crippen MR) is 149 cm³/mol. The summed E-state index contributed by atoms with van der Waals surface area (Å²) in [5.41, 5.74) is 1.64. The number of amides is 1. The molecule has 0 aromatic heterocycles. The van der Waals surface area contributed by atoms with Crippen molar-refractivity contribution in [1.82, 2.24) is 4.90 Å². The van der Waals surface area contributed by atoms with Gasteiger partial charge >= 0.3 is 12.1 Å². The van der Waals surface area contributed by atoms with E-state index in [2.05, 4.69) is 5.32 Å². The second-order valence-electron chi connectivity index (χ2n) is 8.56. The summed E-state index contributed by atoms with van der Waals surface area (Å²) < 4.78 is 10.9. The number of nitrogens with zero attached hydrogens (tertiary/aromatic N) is 1. The number of thiocarbonyl (C=S) groups is 1. The van der Waals surface area contributed by atoms with Gasteiger partial charge in [-0.05, 0) is 66.9 Å². The zero-order valence-corrected chi connectivity index (χ0v) is 22.0. The van der Waals surface area contributed by atoms with E-state index in [0.29, 0.717) is 22.8 Å². The van der Waals surface area contributed by atoms with Gasteiger partial charge in [0.2, 0.25) is 0 Å². The number of ether oxygens (including phenoxy) is 2. The molecule has 4 rings (SSSR count). The molecule has 0 unspecified atom stereocenters. The molecule has 1 aliphatic rings. The Balaban J connectivity index is 1.27. The third-order valence-electron chi connectivity index (χ3n) is 6.01. The lowest BCUT2D eigenvalue weighted by atomic mass is 10.1. The average Bonchev–Trinajstić information content (AvgIpc) is 3.38. The molecule has 2 N–H and O–H groups in total. The van der Waals surface area contributed by atoms with Gasteiger partial charge in [0.25, 0.3) is 0 Å². The van der Waals surface area contributed by atoms with Crippen molar-refractivity contribution < 1.29 is 24.2 Å². The molecule has 192 valence electrons. The van der Waals surface area contributed by atoms with E-state index in [1.54, 1.807) is 36.0 Å². The van der Waals surface area contributed by atoms with E-state index in [9.17, 15) is 14.7 Å². The number of hydrogen-bond donors (Lipinski definition) is 2. The maximum absolute atomic E-state index is 11.9. The molecule has 0 aliphatic carbocycles. The fourth-order valence-corrected chi connectivity index (χ4v) is 5.47. The van der Waals surface area contributed by atoms with Crippen LogP contribution in [0.2, 0.25) is 0 Å². The molecular weight excluding hydrogens is 508 g/mol. The van der Waals surface area contributed by atoms with Gasteiger partial charge in [0, 0.05) is 29.7 Å². The molecule has 9 heteroatoms. The largest absolute Gasteiger partial charge is 0.478 e. The molecule has 0 spiro atoms. The quantitative estimate of drug-likeness (QED) is 0.237. The van der Waals surface area contributed by atoms with Crippen LogP contribution in [0.1, 0.15) is 28.8 Å². The number of thioether (sulfide) groups is 1. The smallest absolute Gasteiger partial charge is 0.409 e. The molecular formula is C28H28N2O5S2. The Hall–Kier alpha value is -3.56. The monoisotopic (exact) mass is 536 g/mol. The van der Waals surface area contributed by atoms with Crippen LogP contribution in [-0.2, 0) is 11.2 Å². The molecule has 1 atom stereocenters. The topological polar surface area (TPSA) is 88.1 Å². The first kappa shape index (κ1) is 26.5. The van der Waals surface area contributed by atoms with Crippen LogP contribution in [0.5, 0.6) is 11.5 Å². The molecule has 1 saturated heterocycles. The highest BCUT2D eigenvalue weighted by Crippen LogP contribution is 2.29. The minimum absolute atomic E-state index is 0.180. The van der Waals surface area contributed by atoms with E-state index >= 15 is 0 Å². The summed E-state index contributed by atoms with van der Waals surface area (Å²) in [4.78, 5) is 26.7. The van der Waals surface area contributed by atoms with Crippen LogP contribution in [0, 0.1) is 0 Å². The van der Waals surface area contributed by atoms with Crippen LogP contribution < -0.4 is 10.1 Å². The molecule has 1 fully saturated rings. The molecule has 3 aromatic rings. The summed E-state index contributed by atoms with van der Waals surface area (Å²) in [6.07, 6.45) is 2.23. The third kappa shape index (κ3) is 7.24. The number of likely N-dealkylation sites (tertiary alicyclic amines) is 1. The Labute approximate surface area is 225 Å². The summed E-state index contributed by atoms with van der Waals surface area (Å²) in [6, 6.07) is 22.4. The molecule has 0 saturated carbocycles. The summed E-state index contributed by atoms with van der Waals surface area (Å²) in [6.45, 7) is 0.754. The van der Waals surface area contributed by atoms with Gasteiger partial charge in [-0.1, -0.05) is 36.5 Å². The van der Waals surface area contributed by atoms with Crippen molar-refractivity contribution >= 4 is 46.7 Å². The molecule has 3 aromatic carbocycles. The molecule has 37 heavy (non-hydrogen) atoms. The Morgan fingerprint density at radius 2 is 1.73 bits per heavy atom. The van der Waals surface area contributed by atoms with E-state index in [1.807, 2.05) is 53.4 Å². The number of benzene rings is 3. The van der Waals surface area contributed by atoms with E-state index in [4.69, 9.17) is 21.7 Å². The summed E-state index contributed by atoms with van der Waals surface area (Å²) >= 11 is 7.15. The number of carbonyl (C=O) groups is 2. The molecule has 0 radical (unpaired) electrons. The number of nitrogens with one attached hydrogen (secondary N) is 1. The van der Waals surface area contributed by atoms with Crippen LogP contribution in [0.4, 0.5) is 10.5 Å². The van der Waals surface area contributed by atoms with E-state index in [0.717, 1.165) is 41.3 Å². The van der Waals surface area contributed by atoms with Crippen LogP contribution in [0.15, 0.2) is 77.7 Å². The number of carboxylic acid groups (broad SMARTS) is 1. The minimum Gasteiger partial charge on any atom is -0.478 e. The predicted octanol–water partition coefficient (Wildman–Crippen LogP) is 6.48. The van der Waals surface area contributed by atoms with E-state index in [-0.39, 0.29) is 17.7 Å². The minimum atomic E-state index is -1.00. The lowest BCUT2D eigenvalue weighted by Gasteiger charge is -2.22. The van der Waals surface area contributed by atoms with Crippen LogP contribution in [-0.4, -0.2) is 52.5 Å². The molecule has 0 bridgehead atoms. The van der Waals surface area contributed by atoms with Gasteiger partial charge in [-0.25, -0.2) is 9.59 Å². The Kier molecular flexibility index (Phi) is 9.03. The van der Waals surface area contributed by atoms with Gasteiger partial charge in [-0.15, -0.1) is 11.8 Å². The van der Waals surface area contributed by atoms with Crippen molar-refractivity contribution in [2.24, 2.45) is 0 Å². The molecule has 1 amide bonds. The SMILES string of the molecule is COC(=O)N1CCC[C@H]1CSc1ccc(Oc2ccc(CC(=S)Nc3ccccc3C(=O)O)cc2)cc1. The highest BCUT2D eigenvalue weighted by atomic mass is 32.2. The highest BCUT2D eigenvalue weighted by Gasteiger charge is 2.29. The lowest BCUT2D eigenvalue weighted by molar-refractivity contribution is 0.0698. The zero-order chi connectivity index (χ0) is 26.2. The standard InChI is InChI=1S/C28H28N2O5S2/c1-34-28(33)30-16-4-5-20(30)18-37-23-14-12-22(13-15-23)35-21-10-8-19(9-11-21)17-26(36)29-25-7-3-2-6-24(25)27(31)32/h2-3,6-15,20H,4-5,16-18H2,1H3,(H,29,36)(H,31,32)/t20-/m0/s1. The van der Waals surface area contributed by atoms with Gasteiger partial charge in [-0.2, -0.15) is 0 Å².